The highest BCUT2D eigenvalue weighted by Gasteiger charge is 2.12. The van der Waals surface area contributed by atoms with Crippen LogP contribution in [-0.4, -0.2) is 4.92 Å². The van der Waals surface area contributed by atoms with Gasteiger partial charge in [0, 0.05) is 6.07 Å². The number of hydrogen-bond donors (Lipinski definition) is 0. The van der Waals surface area contributed by atoms with E-state index in [1.165, 1.54) is 12.1 Å². The Morgan fingerprint density at radius 2 is 2.25 bits per heavy atom. The van der Waals surface area contributed by atoms with E-state index >= 15 is 0 Å². The summed E-state index contributed by atoms with van der Waals surface area (Å²) in [6.45, 7) is 1.73. The van der Waals surface area contributed by atoms with Gasteiger partial charge in [0.1, 0.15) is 0 Å². The first-order valence-corrected chi connectivity index (χ1v) is 3.25. The molecule has 1 radical (unpaired) electrons. The van der Waals surface area contributed by atoms with Crippen molar-refractivity contribution >= 4 is 11.4 Å². The topological polar surface area (TPSA) is 77.8 Å². The summed E-state index contributed by atoms with van der Waals surface area (Å²) >= 11 is 0. The van der Waals surface area contributed by atoms with Gasteiger partial charge in [-0.3, -0.25) is 10.1 Å². The number of benzene rings is 1. The van der Waals surface area contributed by atoms with Crippen molar-refractivity contribution in [3.8, 4) is 0 Å². The first-order chi connectivity index (χ1) is 5.65. The predicted molar refractivity (Wildman–Crippen MR) is 42.1 cm³/mol. The molecule has 0 aromatic heterocycles. The highest BCUT2D eigenvalue weighted by Crippen LogP contribution is 2.26. The lowest BCUT2D eigenvalue weighted by Gasteiger charge is -1.95. The van der Waals surface area contributed by atoms with Gasteiger partial charge in [-0.15, -0.1) is 5.11 Å². The molecule has 1 aromatic carbocycles. The summed E-state index contributed by atoms with van der Waals surface area (Å²) in [5.41, 5.74) is 8.93. The van der Waals surface area contributed by atoms with Crippen LogP contribution >= 0.6 is 0 Å². The molecule has 0 heterocycles. The van der Waals surface area contributed by atoms with Crippen LogP contribution in [0.5, 0.6) is 0 Å². The van der Waals surface area contributed by atoms with Crippen LogP contribution < -0.4 is 5.53 Å². The lowest BCUT2D eigenvalue weighted by atomic mass is 10.2. The zero-order valence-electron chi connectivity index (χ0n) is 6.39. The van der Waals surface area contributed by atoms with Crippen molar-refractivity contribution in [1.29, 1.82) is 0 Å². The molecule has 0 spiro atoms. The fourth-order valence-corrected chi connectivity index (χ4v) is 0.864. The molecule has 0 saturated carbocycles. The van der Waals surface area contributed by atoms with Crippen molar-refractivity contribution < 1.29 is 4.92 Å². The molecule has 1 rings (SSSR count). The van der Waals surface area contributed by atoms with Crippen molar-refractivity contribution in [3.63, 3.8) is 0 Å². The van der Waals surface area contributed by atoms with Crippen LogP contribution in [0.15, 0.2) is 23.3 Å². The van der Waals surface area contributed by atoms with Gasteiger partial charge in [0.2, 0.25) is 0 Å². The normalized spacial score (nSPS) is 9.42. The molecular weight excluding hydrogens is 158 g/mol. The lowest BCUT2D eigenvalue weighted by molar-refractivity contribution is -0.384. The maximum Gasteiger partial charge on any atom is 0.297 e. The van der Waals surface area contributed by atoms with E-state index in [2.05, 4.69) is 5.11 Å². The molecule has 12 heavy (non-hydrogen) atoms. The largest absolute Gasteiger partial charge is 0.297 e. The summed E-state index contributed by atoms with van der Waals surface area (Å²) in [5, 5.41) is 13.2. The molecule has 0 aliphatic rings. The molecule has 0 aliphatic heterocycles. The molecule has 0 atom stereocenters. The molecule has 0 bridgehead atoms. The predicted octanol–water partition coefficient (Wildman–Crippen LogP) is 1.79. The van der Waals surface area contributed by atoms with Crippen LogP contribution in [0.3, 0.4) is 0 Å². The van der Waals surface area contributed by atoms with E-state index in [0.29, 0.717) is 0 Å². The number of hydrogen-bond acceptors (Lipinski definition) is 3. The van der Waals surface area contributed by atoms with E-state index in [9.17, 15) is 10.1 Å². The zero-order valence-corrected chi connectivity index (χ0v) is 6.39. The lowest BCUT2D eigenvalue weighted by Crippen LogP contribution is -1.88. The molecule has 0 aliphatic carbocycles. The average molecular weight is 164 g/mol. The summed E-state index contributed by atoms with van der Waals surface area (Å²) in [7, 11) is 0. The molecule has 0 saturated heterocycles. The third-order valence-electron chi connectivity index (χ3n) is 1.44. The Balaban J connectivity index is 3.30. The van der Waals surface area contributed by atoms with Crippen molar-refractivity contribution in [1.82, 2.24) is 5.53 Å². The van der Waals surface area contributed by atoms with Crippen LogP contribution in [0.25, 0.3) is 0 Å². The Kier molecular flexibility index (Phi) is 2.14. The smallest absolute Gasteiger partial charge is 0.258 e. The summed E-state index contributed by atoms with van der Waals surface area (Å²) in [5.74, 6) is 0. The number of nitrogens with zero attached hydrogens (tertiary/aromatic N) is 3. The van der Waals surface area contributed by atoms with Crippen LogP contribution in [0.4, 0.5) is 11.4 Å². The first-order valence-electron chi connectivity index (χ1n) is 3.25. The monoisotopic (exact) mass is 164 g/mol. The third kappa shape index (κ3) is 1.45. The number of nitro benzene ring substituents is 1. The van der Waals surface area contributed by atoms with Crippen LogP contribution in [-0.2, 0) is 0 Å². The maximum absolute atomic E-state index is 10.4. The van der Waals surface area contributed by atoms with E-state index in [4.69, 9.17) is 5.53 Å². The van der Waals surface area contributed by atoms with Gasteiger partial charge in [-0.2, -0.15) is 0 Å². The molecule has 61 valence electrons. The first kappa shape index (κ1) is 8.32. The molecule has 0 N–H and O–H groups in total. The Hall–Kier alpha value is -1.78. The second-order valence-corrected chi connectivity index (χ2v) is 2.35. The highest BCUT2D eigenvalue weighted by molar-refractivity contribution is 5.57. The zero-order chi connectivity index (χ0) is 9.14. The molecule has 5 heteroatoms. The van der Waals surface area contributed by atoms with Gasteiger partial charge in [-0.05, 0) is 24.1 Å². The fourth-order valence-electron chi connectivity index (χ4n) is 0.864. The van der Waals surface area contributed by atoms with E-state index in [0.717, 1.165) is 5.56 Å². The minimum absolute atomic E-state index is 0.0226. The quantitative estimate of drug-likeness (QED) is 0.379. The molecule has 5 nitrogen and oxygen atoms in total. The maximum atomic E-state index is 10.4. The number of aryl methyl sites for hydroxylation is 1. The Labute approximate surface area is 68.7 Å². The van der Waals surface area contributed by atoms with Crippen LogP contribution in [0.2, 0.25) is 0 Å². The van der Waals surface area contributed by atoms with E-state index in [1.807, 2.05) is 0 Å². The fraction of sp³-hybridized carbons (Fsp3) is 0.143. The van der Waals surface area contributed by atoms with E-state index in [-0.39, 0.29) is 11.4 Å². The summed E-state index contributed by atoms with van der Waals surface area (Å²) in [6.07, 6.45) is 0. The van der Waals surface area contributed by atoms with Crippen molar-refractivity contribution in [3.05, 3.63) is 33.9 Å². The van der Waals surface area contributed by atoms with Crippen LogP contribution in [0.1, 0.15) is 5.56 Å². The number of nitro groups is 1. The molecule has 0 amide bonds. The van der Waals surface area contributed by atoms with Gasteiger partial charge in [0.25, 0.3) is 5.69 Å². The third-order valence-corrected chi connectivity index (χ3v) is 1.44. The average Bonchev–Trinajstić information content (AvgIpc) is 2.04. The molecule has 0 fully saturated rings. The van der Waals surface area contributed by atoms with Crippen molar-refractivity contribution in [2.45, 2.75) is 6.92 Å². The van der Waals surface area contributed by atoms with E-state index < -0.39 is 4.92 Å². The van der Waals surface area contributed by atoms with Crippen molar-refractivity contribution in [2.24, 2.45) is 5.11 Å². The molecule has 1 aromatic rings. The van der Waals surface area contributed by atoms with Gasteiger partial charge in [0.05, 0.1) is 4.92 Å². The van der Waals surface area contributed by atoms with Crippen molar-refractivity contribution in [2.75, 3.05) is 0 Å². The van der Waals surface area contributed by atoms with Gasteiger partial charge < -0.3 is 0 Å². The second kappa shape index (κ2) is 3.08. The minimum Gasteiger partial charge on any atom is -0.258 e. The van der Waals surface area contributed by atoms with E-state index in [1.54, 1.807) is 13.0 Å². The minimum atomic E-state index is -0.581. The van der Waals surface area contributed by atoms with Gasteiger partial charge in [-0.1, -0.05) is 6.07 Å². The van der Waals surface area contributed by atoms with Gasteiger partial charge in [-0.25, -0.2) is 0 Å². The Morgan fingerprint density at radius 1 is 1.58 bits per heavy atom. The standard InChI is InChI=1S/C7H6N3O2/c1-5-2-3-6(9-8)7(4-5)10(11)12/h2-4H,1H3. The Morgan fingerprint density at radius 3 is 2.75 bits per heavy atom. The van der Waals surface area contributed by atoms with Gasteiger partial charge in [0.15, 0.2) is 5.69 Å². The SMILES string of the molecule is Cc1ccc(N=[N])c([N+](=O)[O-])c1. The summed E-state index contributed by atoms with van der Waals surface area (Å²) in [6, 6.07) is 4.39. The van der Waals surface area contributed by atoms with Gasteiger partial charge >= 0.3 is 0 Å². The summed E-state index contributed by atoms with van der Waals surface area (Å²) < 4.78 is 0. The highest BCUT2D eigenvalue weighted by atomic mass is 16.6. The van der Waals surface area contributed by atoms with Crippen LogP contribution in [0, 0.1) is 17.0 Å². The molecule has 0 unspecified atom stereocenters. The number of rotatable bonds is 2. The molecular formula is C7H6N3O2. The Bertz CT molecular complexity index is 335. The second-order valence-electron chi connectivity index (χ2n) is 2.35. The summed E-state index contributed by atoms with van der Waals surface area (Å²) in [4.78, 5) is 9.79.